The number of unbranched alkanes of at least 4 members (excludes halogenated alkanes) is 7. The van der Waals surface area contributed by atoms with Gasteiger partial charge in [-0.3, -0.25) is 0 Å². The third-order valence-electron chi connectivity index (χ3n) is 2.62. The number of rotatable bonds is 13. The van der Waals surface area contributed by atoms with Gasteiger partial charge < -0.3 is 23.6 Å². The molecule has 5 nitrogen and oxygen atoms in total. The Balaban J connectivity index is 3.01. The normalized spacial score (nSPS) is 11.9. The lowest BCUT2D eigenvalue weighted by atomic mass is 10.1. The molecule has 0 atom stereocenters. The molecule has 0 radical (unpaired) electrons. The van der Waals surface area contributed by atoms with Crippen molar-refractivity contribution in [3.05, 3.63) is 0 Å². The molecule has 0 saturated heterocycles. The van der Waals surface area contributed by atoms with Gasteiger partial charge in [0.05, 0.1) is 21.0 Å². The molecule has 0 heterocycles. The topological polar surface area (TPSA) is 81.7 Å². The largest absolute Gasteiger partial charge is 0.790 e. The minimum Gasteiger partial charge on any atom is -0.790 e. The Morgan fingerprint density at radius 1 is 0.833 bits per heavy atom. The molecule has 0 bridgehead atoms. The third kappa shape index (κ3) is 16.1. The molecule has 0 aromatic heterocycles. The summed E-state index contributed by atoms with van der Waals surface area (Å²) in [7, 11) is -4.83. The van der Waals surface area contributed by atoms with Gasteiger partial charge in [-0.2, -0.15) is 0 Å². The summed E-state index contributed by atoms with van der Waals surface area (Å²) in [6.07, 6.45) is 9.84. The molecule has 0 aliphatic carbocycles. The van der Waals surface area contributed by atoms with Crippen LogP contribution in [0.3, 0.4) is 0 Å². The van der Waals surface area contributed by atoms with Crippen molar-refractivity contribution < 1.29 is 23.6 Å². The Morgan fingerprint density at radius 2 is 1.39 bits per heavy atom. The molecule has 0 unspecified atom stereocenters. The summed E-state index contributed by atoms with van der Waals surface area (Å²) >= 11 is 0. The summed E-state index contributed by atoms with van der Waals surface area (Å²) in [5, 5.41) is 0. The predicted molar refractivity (Wildman–Crippen MR) is 67.0 cm³/mol. The molecule has 0 aliphatic heterocycles. The van der Waals surface area contributed by atoms with Crippen LogP contribution in [0.2, 0.25) is 0 Å². The second-order valence-corrected chi connectivity index (χ2v) is 5.52. The van der Waals surface area contributed by atoms with Gasteiger partial charge in [0.2, 0.25) is 0 Å². The van der Waals surface area contributed by atoms with E-state index in [1.54, 1.807) is 0 Å². The third-order valence-corrected chi connectivity index (χ3v) is 3.12. The first kappa shape index (κ1) is 18.1. The van der Waals surface area contributed by atoms with Crippen LogP contribution >= 0.6 is 7.82 Å². The van der Waals surface area contributed by atoms with Crippen molar-refractivity contribution in [2.45, 2.75) is 58.3 Å². The average molecular weight is 280 g/mol. The molecule has 0 N–H and O–H groups in total. The smallest absolute Gasteiger partial charge is 0.0752 e. The fraction of sp³-hybridized carbons (Fsp3) is 1.00. The van der Waals surface area contributed by atoms with Crippen LogP contribution in [0.5, 0.6) is 0 Å². The summed E-state index contributed by atoms with van der Waals surface area (Å²) in [5.74, 6) is 0. The lowest BCUT2D eigenvalue weighted by Crippen LogP contribution is -2.18. The van der Waals surface area contributed by atoms with Gasteiger partial charge in [0.25, 0.3) is 0 Å². The maximum absolute atomic E-state index is 10.1. The Hall–Kier alpha value is 0.0700. The van der Waals surface area contributed by atoms with Crippen molar-refractivity contribution in [3.63, 3.8) is 0 Å². The second kappa shape index (κ2) is 12.1. The highest BCUT2D eigenvalue weighted by Gasteiger charge is 1.94. The van der Waals surface area contributed by atoms with Gasteiger partial charge in [0, 0.05) is 6.61 Å². The van der Waals surface area contributed by atoms with Gasteiger partial charge in [-0.1, -0.05) is 51.9 Å². The van der Waals surface area contributed by atoms with Gasteiger partial charge in [0.15, 0.2) is 0 Å². The number of ether oxygens (including phenoxy) is 1. The minimum atomic E-state index is -4.83. The number of hydrogen-bond donors (Lipinski definition) is 0. The van der Waals surface area contributed by atoms with E-state index in [1.807, 2.05) is 0 Å². The van der Waals surface area contributed by atoms with Crippen molar-refractivity contribution in [3.8, 4) is 0 Å². The van der Waals surface area contributed by atoms with E-state index in [4.69, 9.17) is 4.74 Å². The van der Waals surface area contributed by atoms with E-state index in [2.05, 4.69) is 11.4 Å². The van der Waals surface area contributed by atoms with Gasteiger partial charge >= 0.3 is 0 Å². The highest BCUT2D eigenvalue weighted by atomic mass is 31.2. The van der Waals surface area contributed by atoms with Crippen LogP contribution < -0.4 is 9.79 Å². The Morgan fingerprint density at radius 3 is 1.94 bits per heavy atom. The molecule has 0 saturated carbocycles. The van der Waals surface area contributed by atoms with Gasteiger partial charge in [0.1, 0.15) is 0 Å². The zero-order chi connectivity index (χ0) is 13.7. The molecule has 0 aliphatic rings. The van der Waals surface area contributed by atoms with E-state index < -0.39 is 7.82 Å². The number of phosphoric ester groups is 1. The number of hydrogen-bond acceptors (Lipinski definition) is 5. The molecule has 18 heavy (non-hydrogen) atoms. The van der Waals surface area contributed by atoms with Crippen molar-refractivity contribution in [1.29, 1.82) is 0 Å². The van der Waals surface area contributed by atoms with Crippen LogP contribution in [0.1, 0.15) is 58.3 Å². The van der Waals surface area contributed by atoms with Crippen LogP contribution in [-0.2, 0) is 13.8 Å². The van der Waals surface area contributed by atoms with Crippen LogP contribution in [0.25, 0.3) is 0 Å². The molecule has 6 heteroatoms. The standard InChI is InChI=1S/C12H27O5P/c1-2-3-4-5-6-7-8-9-10-16-11-12-17-18(13,14)15/h2-12H2,1H3,(H2,13,14,15)/p-2. The van der Waals surface area contributed by atoms with Crippen LogP contribution in [-0.4, -0.2) is 19.8 Å². The molecule has 0 fully saturated rings. The average Bonchev–Trinajstić information content (AvgIpc) is 2.29. The molecular weight excluding hydrogens is 255 g/mol. The molecule has 0 aromatic carbocycles. The fourth-order valence-corrected chi connectivity index (χ4v) is 1.95. The van der Waals surface area contributed by atoms with E-state index in [0.29, 0.717) is 6.61 Å². The van der Waals surface area contributed by atoms with Crippen LogP contribution in [0.4, 0.5) is 0 Å². The number of phosphoric acid groups is 1. The second-order valence-electron chi connectivity index (χ2n) is 4.37. The Kier molecular flexibility index (Phi) is 12.2. The van der Waals surface area contributed by atoms with E-state index in [9.17, 15) is 14.4 Å². The first-order chi connectivity index (χ1) is 8.56. The van der Waals surface area contributed by atoms with Gasteiger partial charge in [-0.05, 0) is 6.42 Å². The molecule has 110 valence electrons. The highest BCUT2D eigenvalue weighted by molar-refractivity contribution is 7.43. The lowest BCUT2D eigenvalue weighted by molar-refractivity contribution is -0.342. The monoisotopic (exact) mass is 280 g/mol. The maximum atomic E-state index is 10.1. The van der Waals surface area contributed by atoms with Crippen molar-refractivity contribution >= 4 is 7.82 Å². The van der Waals surface area contributed by atoms with E-state index in [1.165, 1.54) is 38.5 Å². The fourth-order valence-electron chi connectivity index (χ4n) is 1.65. The molecule has 0 spiro atoms. The lowest BCUT2D eigenvalue weighted by Gasteiger charge is -2.28. The molecular formula is C12H25O5P-2. The molecule has 0 amide bonds. The van der Waals surface area contributed by atoms with Gasteiger partial charge in [-0.25, -0.2) is 0 Å². The SMILES string of the molecule is CCCCCCCCCCOCCOP(=O)([O-])[O-]. The van der Waals surface area contributed by atoms with E-state index in [0.717, 1.165) is 12.8 Å². The summed E-state index contributed by atoms with van der Waals surface area (Å²) in [6, 6.07) is 0. The predicted octanol–water partition coefficient (Wildman–Crippen LogP) is 1.99. The zero-order valence-corrected chi connectivity index (χ0v) is 12.2. The first-order valence-electron chi connectivity index (χ1n) is 6.80. The summed E-state index contributed by atoms with van der Waals surface area (Å²) in [5.41, 5.74) is 0. The molecule has 0 rings (SSSR count). The maximum Gasteiger partial charge on any atom is 0.0752 e. The Labute approximate surface area is 110 Å². The Bertz CT molecular complexity index is 217. The first-order valence-corrected chi connectivity index (χ1v) is 8.26. The zero-order valence-electron chi connectivity index (χ0n) is 11.3. The summed E-state index contributed by atoms with van der Waals surface area (Å²) in [6.45, 7) is 2.78. The molecule has 0 aromatic rings. The summed E-state index contributed by atoms with van der Waals surface area (Å²) in [4.78, 5) is 20.2. The van der Waals surface area contributed by atoms with E-state index in [-0.39, 0.29) is 13.2 Å². The van der Waals surface area contributed by atoms with Gasteiger partial charge in [-0.15, -0.1) is 0 Å². The van der Waals surface area contributed by atoms with Crippen molar-refractivity contribution in [2.75, 3.05) is 19.8 Å². The van der Waals surface area contributed by atoms with Crippen molar-refractivity contribution in [2.24, 2.45) is 0 Å². The van der Waals surface area contributed by atoms with E-state index >= 15 is 0 Å². The quantitative estimate of drug-likeness (QED) is 0.380. The highest BCUT2D eigenvalue weighted by Crippen LogP contribution is 2.23. The van der Waals surface area contributed by atoms with Crippen LogP contribution in [0, 0.1) is 0 Å². The van der Waals surface area contributed by atoms with Crippen LogP contribution in [0.15, 0.2) is 0 Å². The summed E-state index contributed by atoms with van der Waals surface area (Å²) < 4.78 is 19.3. The van der Waals surface area contributed by atoms with Crippen molar-refractivity contribution in [1.82, 2.24) is 0 Å². The minimum absolute atomic E-state index is 0.158.